The van der Waals surface area contributed by atoms with Crippen LogP contribution in [0.4, 0.5) is 4.39 Å². The average Bonchev–Trinajstić information content (AvgIpc) is 2.09. The molecule has 0 atom stereocenters. The first kappa shape index (κ1) is 8.41. The van der Waals surface area contributed by atoms with Gasteiger partial charge in [0.05, 0.1) is 6.07 Å². The minimum Gasteiger partial charge on any atom is -0.277 e. The van der Waals surface area contributed by atoms with Gasteiger partial charge in [-0.1, -0.05) is 12.1 Å². The first-order chi connectivity index (χ1) is 5.83. The molecule has 0 N–H and O–H groups in total. The molecule has 1 aromatic rings. The SMILES string of the molecule is N#CCN=Cc1ccc(F)cc1. The summed E-state index contributed by atoms with van der Waals surface area (Å²) >= 11 is 0. The molecule has 0 heterocycles. The topological polar surface area (TPSA) is 36.1 Å². The van der Waals surface area contributed by atoms with E-state index in [2.05, 4.69) is 4.99 Å². The van der Waals surface area contributed by atoms with E-state index in [-0.39, 0.29) is 12.4 Å². The molecule has 0 unspecified atom stereocenters. The Morgan fingerprint density at radius 2 is 2.08 bits per heavy atom. The number of halogens is 1. The van der Waals surface area contributed by atoms with Crippen LogP contribution in [-0.2, 0) is 0 Å². The van der Waals surface area contributed by atoms with Gasteiger partial charge < -0.3 is 0 Å². The first-order valence-electron chi connectivity index (χ1n) is 3.45. The Kier molecular flexibility index (Phi) is 2.97. The van der Waals surface area contributed by atoms with Gasteiger partial charge in [-0.15, -0.1) is 0 Å². The van der Waals surface area contributed by atoms with Crippen LogP contribution in [0.2, 0.25) is 0 Å². The highest BCUT2D eigenvalue weighted by Gasteiger charge is 1.88. The van der Waals surface area contributed by atoms with E-state index in [9.17, 15) is 4.39 Å². The van der Waals surface area contributed by atoms with E-state index in [1.807, 2.05) is 6.07 Å². The van der Waals surface area contributed by atoms with Crippen LogP contribution in [0, 0.1) is 17.1 Å². The second-order valence-corrected chi connectivity index (χ2v) is 2.18. The molecule has 12 heavy (non-hydrogen) atoms. The van der Waals surface area contributed by atoms with Crippen LogP contribution >= 0.6 is 0 Å². The van der Waals surface area contributed by atoms with Gasteiger partial charge in [-0.3, -0.25) is 4.99 Å². The second-order valence-electron chi connectivity index (χ2n) is 2.18. The Labute approximate surface area is 70.0 Å². The monoisotopic (exact) mass is 162 g/mol. The number of aliphatic imine (C=N–C) groups is 1. The second kappa shape index (κ2) is 4.24. The van der Waals surface area contributed by atoms with Crippen LogP contribution in [0.15, 0.2) is 29.3 Å². The fraction of sp³-hybridized carbons (Fsp3) is 0.111. The maximum atomic E-state index is 12.4. The molecule has 0 aromatic heterocycles. The third-order valence-corrected chi connectivity index (χ3v) is 1.27. The van der Waals surface area contributed by atoms with Gasteiger partial charge in [0, 0.05) is 6.21 Å². The maximum absolute atomic E-state index is 12.4. The summed E-state index contributed by atoms with van der Waals surface area (Å²) in [6, 6.07) is 7.80. The van der Waals surface area contributed by atoms with E-state index in [1.165, 1.54) is 12.1 Å². The summed E-state index contributed by atoms with van der Waals surface area (Å²) in [7, 11) is 0. The quantitative estimate of drug-likeness (QED) is 0.482. The standard InChI is InChI=1S/C9H7FN2/c10-9-3-1-8(2-4-9)7-12-6-5-11/h1-4,7H,6H2. The van der Waals surface area contributed by atoms with Crippen molar-refractivity contribution in [1.29, 1.82) is 5.26 Å². The van der Waals surface area contributed by atoms with Crippen molar-refractivity contribution in [1.82, 2.24) is 0 Å². The molecule has 0 saturated heterocycles. The van der Waals surface area contributed by atoms with Gasteiger partial charge in [0.1, 0.15) is 12.4 Å². The molecule has 0 radical (unpaired) electrons. The number of nitrogens with zero attached hydrogens (tertiary/aromatic N) is 2. The van der Waals surface area contributed by atoms with Crippen LogP contribution < -0.4 is 0 Å². The fourth-order valence-corrected chi connectivity index (χ4v) is 0.741. The molecular weight excluding hydrogens is 155 g/mol. The molecule has 60 valence electrons. The van der Waals surface area contributed by atoms with Gasteiger partial charge in [0.15, 0.2) is 0 Å². The summed E-state index contributed by atoms with van der Waals surface area (Å²) in [4.78, 5) is 3.78. The molecule has 0 fully saturated rings. The molecule has 1 rings (SSSR count). The molecular formula is C9H7FN2. The Bertz CT molecular complexity index is 308. The normalized spacial score (nSPS) is 10.0. The Balaban J connectivity index is 2.66. The lowest BCUT2D eigenvalue weighted by atomic mass is 10.2. The van der Waals surface area contributed by atoms with Crippen molar-refractivity contribution in [2.24, 2.45) is 4.99 Å². The van der Waals surface area contributed by atoms with E-state index in [0.717, 1.165) is 5.56 Å². The molecule has 3 heteroatoms. The zero-order valence-corrected chi connectivity index (χ0v) is 6.37. The summed E-state index contributed by atoms with van der Waals surface area (Å²) in [6.45, 7) is 0.136. The molecule has 1 aromatic carbocycles. The Morgan fingerprint density at radius 1 is 1.42 bits per heavy atom. The van der Waals surface area contributed by atoms with Crippen LogP contribution in [0.25, 0.3) is 0 Å². The predicted octanol–water partition coefficient (Wildman–Crippen LogP) is 1.77. The van der Waals surface area contributed by atoms with E-state index >= 15 is 0 Å². The van der Waals surface area contributed by atoms with Crippen molar-refractivity contribution in [2.75, 3.05) is 6.54 Å². The lowest BCUT2D eigenvalue weighted by Gasteiger charge is -1.90. The summed E-state index contributed by atoms with van der Waals surface area (Å²) in [6.07, 6.45) is 1.54. The third kappa shape index (κ3) is 2.51. The first-order valence-corrected chi connectivity index (χ1v) is 3.45. The van der Waals surface area contributed by atoms with Crippen molar-refractivity contribution in [2.45, 2.75) is 0 Å². The lowest BCUT2D eigenvalue weighted by Crippen LogP contribution is -1.82. The van der Waals surface area contributed by atoms with Crippen LogP contribution in [0.1, 0.15) is 5.56 Å². The van der Waals surface area contributed by atoms with E-state index in [1.54, 1.807) is 18.3 Å². The Hall–Kier alpha value is -1.69. The maximum Gasteiger partial charge on any atom is 0.126 e. The number of rotatable bonds is 2. The summed E-state index contributed by atoms with van der Waals surface area (Å²) in [5, 5.41) is 8.16. The average molecular weight is 162 g/mol. The summed E-state index contributed by atoms with van der Waals surface area (Å²) < 4.78 is 12.4. The van der Waals surface area contributed by atoms with Crippen molar-refractivity contribution in [3.8, 4) is 6.07 Å². The predicted molar refractivity (Wildman–Crippen MR) is 44.5 cm³/mol. The van der Waals surface area contributed by atoms with E-state index in [4.69, 9.17) is 5.26 Å². The highest BCUT2D eigenvalue weighted by molar-refractivity contribution is 5.79. The van der Waals surface area contributed by atoms with E-state index < -0.39 is 0 Å². The minimum absolute atomic E-state index is 0.136. The molecule has 2 nitrogen and oxygen atoms in total. The number of nitriles is 1. The summed E-state index contributed by atoms with van der Waals surface area (Å²) in [5.74, 6) is -0.271. The van der Waals surface area contributed by atoms with Gasteiger partial charge in [-0.2, -0.15) is 5.26 Å². The van der Waals surface area contributed by atoms with Crippen LogP contribution in [0.5, 0.6) is 0 Å². The zero-order valence-electron chi connectivity index (χ0n) is 6.37. The number of benzene rings is 1. The van der Waals surface area contributed by atoms with Gasteiger partial charge >= 0.3 is 0 Å². The van der Waals surface area contributed by atoms with Gasteiger partial charge in [-0.25, -0.2) is 4.39 Å². The lowest BCUT2D eigenvalue weighted by molar-refractivity contribution is 0.628. The van der Waals surface area contributed by atoms with Crippen LogP contribution in [-0.4, -0.2) is 12.8 Å². The molecule has 0 bridgehead atoms. The summed E-state index contributed by atoms with van der Waals surface area (Å²) in [5.41, 5.74) is 0.798. The van der Waals surface area contributed by atoms with E-state index in [0.29, 0.717) is 0 Å². The van der Waals surface area contributed by atoms with Gasteiger partial charge in [-0.05, 0) is 17.7 Å². The highest BCUT2D eigenvalue weighted by Crippen LogP contribution is 1.99. The zero-order chi connectivity index (χ0) is 8.81. The number of hydrogen-bond acceptors (Lipinski definition) is 2. The van der Waals surface area contributed by atoms with Crippen molar-refractivity contribution < 1.29 is 4.39 Å². The number of hydrogen-bond donors (Lipinski definition) is 0. The van der Waals surface area contributed by atoms with Gasteiger partial charge in [0.25, 0.3) is 0 Å². The molecule has 0 aliphatic heterocycles. The molecule has 0 amide bonds. The minimum atomic E-state index is -0.271. The van der Waals surface area contributed by atoms with Crippen LogP contribution in [0.3, 0.4) is 0 Å². The highest BCUT2D eigenvalue weighted by atomic mass is 19.1. The van der Waals surface area contributed by atoms with Crippen molar-refractivity contribution in [3.05, 3.63) is 35.6 Å². The fourth-order valence-electron chi connectivity index (χ4n) is 0.741. The molecule has 0 saturated carbocycles. The third-order valence-electron chi connectivity index (χ3n) is 1.27. The van der Waals surface area contributed by atoms with Crippen molar-refractivity contribution in [3.63, 3.8) is 0 Å². The molecule has 0 aliphatic carbocycles. The Morgan fingerprint density at radius 3 is 2.67 bits per heavy atom. The van der Waals surface area contributed by atoms with Crippen molar-refractivity contribution >= 4 is 6.21 Å². The smallest absolute Gasteiger partial charge is 0.126 e. The molecule has 0 spiro atoms. The van der Waals surface area contributed by atoms with Gasteiger partial charge in [0.2, 0.25) is 0 Å². The molecule has 0 aliphatic rings. The largest absolute Gasteiger partial charge is 0.277 e.